The Kier molecular flexibility index (Phi) is 1250. The fourth-order valence-corrected chi connectivity index (χ4v) is 0. The van der Waals surface area contributed by atoms with Crippen molar-refractivity contribution in [2.24, 2.45) is 0 Å². The molecule has 0 unspecified atom stereocenters. The van der Waals surface area contributed by atoms with E-state index in [-0.39, 0.29) is 45.3 Å². The second-order valence-electron chi connectivity index (χ2n) is 0. The summed E-state index contributed by atoms with van der Waals surface area (Å²) in [6.45, 7) is 0. The van der Waals surface area contributed by atoms with Gasteiger partial charge < -0.3 is 11.6 Å². The number of rotatable bonds is 0. The summed E-state index contributed by atoms with van der Waals surface area (Å²) < 4.78 is 0. The first-order chi connectivity index (χ1) is 0. The van der Waals surface area contributed by atoms with Gasteiger partial charge in [-0.3, -0.25) is 0 Å². The Morgan fingerprint density at radius 2 is 1.00 bits per heavy atom. The monoisotopic (exact) mass is 141 g/mol. The predicted octanol–water partition coefficient (Wildman–Crippen LogP) is -0.0291. The van der Waals surface area contributed by atoms with Gasteiger partial charge in [-0.15, -0.1) is 0 Å². The molecule has 0 amide bonds. The summed E-state index contributed by atoms with van der Waals surface area (Å²) in [5.41, 5.74) is 0. The van der Waals surface area contributed by atoms with Gasteiger partial charge in [0.1, 0.15) is 0 Å². The molecule has 28 valence electrons. The van der Waals surface area contributed by atoms with Crippen LogP contribution in [0.5, 0.6) is 0 Å². The van der Waals surface area contributed by atoms with E-state index in [1.54, 1.807) is 0 Å². The van der Waals surface area contributed by atoms with Crippen LogP contribution in [0.4, 0.5) is 0 Å². The van der Waals surface area contributed by atoms with Crippen molar-refractivity contribution in [1.29, 1.82) is 0 Å². The Labute approximate surface area is 45.6 Å². The molecular formula is CH9NOZr. The average Bonchev–Trinajstić information content (AvgIpc) is 0. The molecule has 0 heterocycles. The van der Waals surface area contributed by atoms with Gasteiger partial charge in [0, 0.05) is 26.2 Å². The molecule has 0 saturated heterocycles. The number of hydrogen-bond donors (Lipinski definition) is 1. The minimum absolute atomic E-state index is 0. The van der Waals surface area contributed by atoms with E-state index >= 15 is 0 Å². The van der Waals surface area contributed by atoms with Crippen LogP contribution in [0, 0.1) is 0 Å². The maximum atomic E-state index is 0. The van der Waals surface area contributed by atoms with Crippen molar-refractivity contribution in [3.8, 4) is 0 Å². The SMILES string of the molecule is C.N.O.[Zr]. The van der Waals surface area contributed by atoms with Crippen LogP contribution >= 0.6 is 0 Å². The summed E-state index contributed by atoms with van der Waals surface area (Å²) in [5, 5.41) is 0. The van der Waals surface area contributed by atoms with Crippen molar-refractivity contribution in [1.82, 2.24) is 6.15 Å². The molecule has 0 aliphatic rings. The van der Waals surface area contributed by atoms with Crippen LogP contribution in [0.25, 0.3) is 0 Å². The fourth-order valence-electron chi connectivity index (χ4n) is 0. The largest absolute Gasteiger partial charge is 0.412 e. The molecule has 0 aromatic carbocycles. The average molecular weight is 142 g/mol. The van der Waals surface area contributed by atoms with E-state index in [9.17, 15) is 0 Å². The quantitative estimate of drug-likeness (QED) is 0.507. The Morgan fingerprint density at radius 1 is 1.00 bits per heavy atom. The molecule has 0 atom stereocenters. The minimum atomic E-state index is 0. The van der Waals surface area contributed by atoms with Gasteiger partial charge in [0.25, 0.3) is 0 Å². The molecule has 2 nitrogen and oxygen atoms in total. The zero-order chi connectivity index (χ0) is 0. The summed E-state index contributed by atoms with van der Waals surface area (Å²) in [6.07, 6.45) is 0. The molecule has 0 rings (SSSR count). The van der Waals surface area contributed by atoms with Gasteiger partial charge in [-0.1, -0.05) is 7.43 Å². The topological polar surface area (TPSA) is 66.5 Å². The Balaban J connectivity index is 0. The zero-order valence-corrected chi connectivity index (χ0v) is 4.17. The molecule has 3 heteroatoms. The van der Waals surface area contributed by atoms with E-state index in [4.69, 9.17) is 0 Å². The Hall–Kier alpha value is 0.803. The van der Waals surface area contributed by atoms with Crippen molar-refractivity contribution in [2.45, 2.75) is 7.43 Å². The summed E-state index contributed by atoms with van der Waals surface area (Å²) in [4.78, 5) is 0. The van der Waals surface area contributed by atoms with E-state index in [1.165, 1.54) is 0 Å². The first-order valence-corrected chi connectivity index (χ1v) is 0. The zero-order valence-electron chi connectivity index (χ0n) is 1.71. The van der Waals surface area contributed by atoms with E-state index in [0.29, 0.717) is 0 Å². The first-order valence-electron chi connectivity index (χ1n) is 0. The third-order valence-corrected chi connectivity index (χ3v) is 0. The summed E-state index contributed by atoms with van der Waals surface area (Å²) in [7, 11) is 0. The normalized spacial score (nSPS) is 0. The molecule has 4 heavy (non-hydrogen) atoms. The Bertz CT molecular complexity index is 8.00. The maximum Gasteiger partial charge on any atom is 0 e. The predicted molar refractivity (Wildman–Crippen MR) is 15.4 cm³/mol. The molecule has 5 N–H and O–H groups in total. The second-order valence-corrected chi connectivity index (χ2v) is 0. The first kappa shape index (κ1) is 108. The van der Waals surface area contributed by atoms with E-state index in [0.717, 1.165) is 0 Å². The van der Waals surface area contributed by atoms with Gasteiger partial charge in [0.05, 0.1) is 0 Å². The van der Waals surface area contributed by atoms with E-state index < -0.39 is 0 Å². The molecule has 0 spiro atoms. The molecule has 0 aliphatic carbocycles. The third kappa shape index (κ3) is 14.1. The van der Waals surface area contributed by atoms with Crippen molar-refractivity contribution >= 4 is 0 Å². The van der Waals surface area contributed by atoms with Gasteiger partial charge >= 0.3 is 0 Å². The van der Waals surface area contributed by atoms with Crippen LogP contribution in [-0.2, 0) is 26.2 Å². The fraction of sp³-hybridized carbons (Fsp3) is 1.00. The molecule has 0 aliphatic heterocycles. The van der Waals surface area contributed by atoms with Crippen molar-refractivity contribution in [2.75, 3.05) is 0 Å². The standard InChI is InChI=1S/CH4.H3N.H2O.Zr/h1H4;1H3;1H2;. The molecule has 0 fully saturated rings. The van der Waals surface area contributed by atoms with Crippen LogP contribution < -0.4 is 6.15 Å². The molecule has 0 radical (unpaired) electrons. The minimum Gasteiger partial charge on any atom is -0.412 e. The Morgan fingerprint density at radius 3 is 1.00 bits per heavy atom. The maximum absolute atomic E-state index is 0. The van der Waals surface area contributed by atoms with Crippen LogP contribution in [0.2, 0.25) is 0 Å². The van der Waals surface area contributed by atoms with Crippen molar-refractivity contribution in [3.05, 3.63) is 0 Å². The van der Waals surface area contributed by atoms with Crippen molar-refractivity contribution < 1.29 is 31.7 Å². The molecule has 0 aromatic rings. The van der Waals surface area contributed by atoms with Crippen LogP contribution in [-0.4, -0.2) is 5.48 Å². The summed E-state index contributed by atoms with van der Waals surface area (Å²) >= 11 is 0. The smallest absolute Gasteiger partial charge is 0 e. The molecule has 0 bridgehead atoms. The van der Waals surface area contributed by atoms with Gasteiger partial charge in [0.15, 0.2) is 0 Å². The third-order valence-electron chi connectivity index (χ3n) is 0. The molecular weight excluding hydrogens is 133 g/mol. The molecule has 0 saturated carbocycles. The second kappa shape index (κ2) is 46.3. The molecule has 0 aromatic heterocycles. The van der Waals surface area contributed by atoms with E-state index in [2.05, 4.69) is 0 Å². The van der Waals surface area contributed by atoms with Gasteiger partial charge in [-0.05, 0) is 0 Å². The van der Waals surface area contributed by atoms with Gasteiger partial charge in [-0.2, -0.15) is 0 Å². The summed E-state index contributed by atoms with van der Waals surface area (Å²) in [6, 6.07) is 0. The van der Waals surface area contributed by atoms with Gasteiger partial charge in [-0.25, -0.2) is 0 Å². The van der Waals surface area contributed by atoms with Gasteiger partial charge in [0.2, 0.25) is 0 Å². The van der Waals surface area contributed by atoms with E-state index in [1.807, 2.05) is 0 Å². The van der Waals surface area contributed by atoms with Crippen LogP contribution in [0.3, 0.4) is 0 Å². The summed E-state index contributed by atoms with van der Waals surface area (Å²) in [5.74, 6) is 0. The van der Waals surface area contributed by atoms with Crippen LogP contribution in [0.15, 0.2) is 0 Å². The van der Waals surface area contributed by atoms with Crippen molar-refractivity contribution in [3.63, 3.8) is 0 Å². The number of hydrogen-bond acceptors (Lipinski definition) is 1. The van der Waals surface area contributed by atoms with Crippen LogP contribution in [0.1, 0.15) is 7.43 Å².